The Morgan fingerprint density at radius 1 is 1.35 bits per heavy atom. The minimum Gasteiger partial charge on any atom is -0.465 e. The lowest BCUT2D eigenvalue weighted by molar-refractivity contribution is 0.0600. The molecule has 0 unspecified atom stereocenters. The zero-order valence-corrected chi connectivity index (χ0v) is 14.6. The highest BCUT2D eigenvalue weighted by Gasteiger charge is 2.23. The summed E-state index contributed by atoms with van der Waals surface area (Å²) >= 11 is 0. The van der Waals surface area contributed by atoms with E-state index >= 15 is 0 Å². The van der Waals surface area contributed by atoms with Crippen molar-refractivity contribution in [3.63, 3.8) is 0 Å². The van der Waals surface area contributed by atoms with Crippen LogP contribution < -0.4 is 4.72 Å². The van der Waals surface area contributed by atoms with Crippen LogP contribution in [0, 0.1) is 6.92 Å². The maximum Gasteiger partial charge on any atom is 0.337 e. The predicted octanol–water partition coefficient (Wildman–Crippen LogP) is 1.54. The van der Waals surface area contributed by atoms with Gasteiger partial charge < -0.3 is 4.74 Å². The summed E-state index contributed by atoms with van der Waals surface area (Å²) in [5.74, 6) is -0.549. The molecule has 0 saturated carbocycles. The minimum atomic E-state index is -3.66. The van der Waals surface area contributed by atoms with Crippen LogP contribution in [0.15, 0.2) is 23.1 Å². The van der Waals surface area contributed by atoms with Crippen LogP contribution in [0.2, 0.25) is 0 Å². The molecule has 1 heterocycles. The Labute approximate surface area is 137 Å². The molecule has 7 heteroatoms. The predicted molar refractivity (Wildman–Crippen MR) is 88.0 cm³/mol. The lowest BCUT2D eigenvalue weighted by Gasteiger charge is -2.24. The number of carbonyl (C=O) groups excluding carboxylic acids is 1. The molecule has 1 aromatic rings. The lowest BCUT2D eigenvalue weighted by Crippen LogP contribution is -2.40. The zero-order valence-electron chi connectivity index (χ0n) is 13.8. The van der Waals surface area contributed by atoms with E-state index < -0.39 is 16.0 Å². The molecule has 0 spiro atoms. The van der Waals surface area contributed by atoms with Crippen molar-refractivity contribution in [2.24, 2.45) is 0 Å². The number of benzene rings is 1. The molecular formula is C16H24N2O4S. The van der Waals surface area contributed by atoms with Gasteiger partial charge in [0.05, 0.1) is 17.6 Å². The molecule has 1 fully saturated rings. The average Bonchev–Trinajstić information content (AvgIpc) is 3.06. The van der Waals surface area contributed by atoms with Gasteiger partial charge in [-0.3, -0.25) is 4.90 Å². The topological polar surface area (TPSA) is 75.7 Å². The van der Waals surface area contributed by atoms with Crippen molar-refractivity contribution >= 4 is 16.0 Å². The highest BCUT2D eigenvalue weighted by atomic mass is 32.2. The number of methoxy groups -OCH3 is 1. The quantitative estimate of drug-likeness (QED) is 0.795. The molecule has 0 aromatic heterocycles. The first kappa shape index (κ1) is 17.9. The molecule has 23 heavy (non-hydrogen) atoms. The van der Waals surface area contributed by atoms with Gasteiger partial charge in [-0.1, -0.05) is 6.07 Å². The van der Waals surface area contributed by atoms with Crippen LogP contribution in [0.5, 0.6) is 0 Å². The summed E-state index contributed by atoms with van der Waals surface area (Å²) in [5, 5.41) is 0. The van der Waals surface area contributed by atoms with Gasteiger partial charge in [0.25, 0.3) is 0 Å². The van der Waals surface area contributed by atoms with E-state index in [1.807, 2.05) is 6.92 Å². The summed E-state index contributed by atoms with van der Waals surface area (Å²) < 4.78 is 32.4. The molecule has 1 saturated heterocycles. The van der Waals surface area contributed by atoms with Gasteiger partial charge in [-0.2, -0.15) is 0 Å². The van der Waals surface area contributed by atoms with E-state index in [1.54, 1.807) is 19.1 Å². The third-order valence-corrected chi connectivity index (χ3v) is 5.80. The number of likely N-dealkylation sites (tertiary alicyclic amines) is 1. The Morgan fingerprint density at radius 3 is 2.61 bits per heavy atom. The maximum atomic E-state index is 12.6. The Kier molecular flexibility index (Phi) is 5.78. The van der Waals surface area contributed by atoms with Gasteiger partial charge >= 0.3 is 5.97 Å². The van der Waals surface area contributed by atoms with E-state index in [0.29, 0.717) is 12.1 Å². The molecular weight excluding hydrogens is 316 g/mol. The van der Waals surface area contributed by atoms with E-state index in [2.05, 4.69) is 14.4 Å². The summed E-state index contributed by atoms with van der Waals surface area (Å²) in [4.78, 5) is 14.0. The molecule has 2 rings (SSSR count). The first-order chi connectivity index (χ1) is 10.8. The van der Waals surface area contributed by atoms with Gasteiger partial charge in [0.15, 0.2) is 0 Å². The number of hydrogen-bond acceptors (Lipinski definition) is 5. The maximum absolute atomic E-state index is 12.6. The van der Waals surface area contributed by atoms with Crippen molar-refractivity contribution in [2.75, 3.05) is 26.7 Å². The molecule has 0 aliphatic carbocycles. The van der Waals surface area contributed by atoms with Crippen molar-refractivity contribution in [1.82, 2.24) is 9.62 Å². The average molecular weight is 340 g/mol. The Hall–Kier alpha value is -1.44. The standard InChI is InChI=1S/C16H24N2O4S/c1-12-6-7-14(16(19)22-3)10-15(12)23(20,21)17-11-13(2)18-8-4-5-9-18/h6-7,10,13,17H,4-5,8-9,11H2,1-3H3/t13-/m0/s1. The molecule has 0 radical (unpaired) electrons. The number of nitrogens with zero attached hydrogens (tertiary/aromatic N) is 1. The van der Waals surface area contributed by atoms with E-state index in [0.717, 1.165) is 25.9 Å². The summed E-state index contributed by atoms with van der Waals surface area (Å²) in [5.41, 5.74) is 0.824. The second-order valence-electron chi connectivity index (χ2n) is 5.92. The number of rotatable bonds is 6. The highest BCUT2D eigenvalue weighted by molar-refractivity contribution is 7.89. The van der Waals surface area contributed by atoms with Crippen LogP contribution in [0.25, 0.3) is 0 Å². The molecule has 1 aliphatic rings. The highest BCUT2D eigenvalue weighted by Crippen LogP contribution is 2.18. The number of nitrogens with one attached hydrogen (secondary N) is 1. The molecule has 1 atom stereocenters. The van der Waals surface area contributed by atoms with Crippen molar-refractivity contribution in [1.29, 1.82) is 0 Å². The van der Waals surface area contributed by atoms with E-state index in [1.165, 1.54) is 13.2 Å². The van der Waals surface area contributed by atoms with Crippen LogP contribution in [0.4, 0.5) is 0 Å². The van der Waals surface area contributed by atoms with Gasteiger partial charge in [0.1, 0.15) is 0 Å². The molecule has 1 N–H and O–H groups in total. The number of carbonyl (C=O) groups is 1. The van der Waals surface area contributed by atoms with E-state index in [9.17, 15) is 13.2 Å². The Bertz CT molecular complexity index is 667. The number of ether oxygens (including phenoxy) is 1. The van der Waals surface area contributed by atoms with E-state index in [4.69, 9.17) is 0 Å². The van der Waals surface area contributed by atoms with Crippen LogP contribution in [0.1, 0.15) is 35.7 Å². The van der Waals surface area contributed by atoms with Gasteiger partial charge in [-0.05, 0) is 57.5 Å². The van der Waals surface area contributed by atoms with Crippen LogP contribution >= 0.6 is 0 Å². The van der Waals surface area contributed by atoms with Crippen LogP contribution in [-0.4, -0.2) is 52.1 Å². The first-order valence-corrected chi connectivity index (χ1v) is 9.26. The minimum absolute atomic E-state index is 0.119. The van der Waals surface area contributed by atoms with Crippen molar-refractivity contribution < 1.29 is 17.9 Å². The third kappa shape index (κ3) is 4.31. The number of hydrogen-bond donors (Lipinski definition) is 1. The number of aryl methyl sites for hydroxylation is 1. The fraction of sp³-hybridized carbons (Fsp3) is 0.562. The summed E-state index contributed by atoms with van der Waals surface area (Å²) in [6.07, 6.45) is 2.33. The Morgan fingerprint density at radius 2 is 2.00 bits per heavy atom. The smallest absolute Gasteiger partial charge is 0.337 e. The second kappa shape index (κ2) is 7.42. The summed E-state index contributed by atoms with van der Waals surface area (Å²) in [7, 11) is -2.39. The molecule has 128 valence electrons. The van der Waals surface area contributed by atoms with Crippen LogP contribution in [0.3, 0.4) is 0 Å². The van der Waals surface area contributed by atoms with Crippen molar-refractivity contribution in [2.45, 2.75) is 37.6 Å². The fourth-order valence-electron chi connectivity index (χ4n) is 2.75. The summed E-state index contributed by atoms with van der Waals surface area (Å²) in [6.45, 7) is 6.11. The van der Waals surface area contributed by atoms with Gasteiger partial charge in [-0.15, -0.1) is 0 Å². The van der Waals surface area contributed by atoms with Gasteiger partial charge in [0, 0.05) is 12.6 Å². The van der Waals surface area contributed by atoms with Gasteiger partial charge in [0.2, 0.25) is 10.0 Å². The molecule has 0 amide bonds. The lowest BCUT2D eigenvalue weighted by atomic mass is 10.1. The largest absolute Gasteiger partial charge is 0.465 e. The van der Waals surface area contributed by atoms with Gasteiger partial charge in [-0.25, -0.2) is 17.9 Å². The zero-order chi connectivity index (χ0) is 17.0. The monoisotopic (exact) mass is 340 g/mol. The van der Waals surface area contributed by atoms with Crippen molar-refractivity contribution in [3.05, 3.63) is 29.3 Å². The molecule has 6 nitrogen and oxygen atoms in total. The van der Waals surface area contributed by atoms with Crippen LogP contribution in [-0.2, 0) is 14.8 Å². The Balaban J connectivity index is 2.13. The molecule has 1 aromatic carbocycles. The second-order valence-corrected chi connectivity index (χ2v) is 7.65. The SMILES string of the molecule is COC(=O)c1ccc(C)c(S(=O)(=O)NC[C@H](C)N2CCCC2)c1. The number of sulfonamides is 1. The molecule has 1 aliphatic heterocycles. The first-order valence-electron chi connectivity index (χ1n) is 7.78. The third-order valence-electron chi connectivity index (χ3n) is 4.23. The normalized spacial score (nSPS) is 17.2. The number of esters is 1. The fourth-order valence-corrected chi connectivity index (χ4v) is 4.14. The molecule has 0 bridgehead atoms. The summed E-state index contributed by atoms with van der Waals surface area (Å²) in [6, 6.07) is 4.69. The van der Waals surface area contributed by atoms with Crippen molar-refractivity contribution in [3.8, 4) is 0 Å². The van der Waals surface area contributed by atoms with E-state index in [-0.39, 0.29) is 16.5 Å².